The van der Waals surface area contributed by atoms with E-state index in [4.69, 9.17) is 4.74 Å². The van der Waals surface area contributed by atoms with E-state index in [1.807, 2.05) is 55.5 Å². The first-order valence-electron chi connectivity index (χ1n) is 7.60. The van der Waals surface area contributed by atoms with Crippen molar-refractivity contribution in [2.45, 2.75) is 33.2 Å². The predicted molar refractivity (Wildman–Crippen MR) is 89.1 cm³/mol. The van der Waals surface area contributed by atoms with Crippen molar-refractivity contribution in [1.29, 1.82) is 0 Å². The number of hydrogen-bond donors (Lipinski definition) is 1. The molecule has 0 saturated heterocycles. The zero-order valence-corrected chi connectivity index (χ0v) is 13.4. The number of carbonyl (C=O) groups excluding carboxylic acids is 1. The Morgan fingerprint density at radius 2 is 1.77 bits per heavy atom. The molecule has 0 aliphatic carbocycles. The normalized spacial score (nSPS) is 10.5. The molecule has 3 heteroatoms. The zero-order valence-electron chi connectivity index (χ0n) is 13.4. The van der Waals surface area contributed by atoms with Crippen molar-refractivity contribution in [1.82, 2.24) is 5.32 Å². The van der Waals surface area contributed by atoms with Gasteiger partial charge in [0.05, 0.1) is 0 Å². The Morgan fingerprint density at radius 1 is 1.09 bits per heavy atom. The Morgan fingerprint density at radius 3 is 2.41 bits per heavy atom. The summed E-state index contributed by atoms with van der Waals surface area (Å²) < 4.78 is 5.51. The molecule has 0 radical (unpaired) electrons. The molecule has 0 unspecified atom stereocenters. The highest BCUT2D eigenvalue weighted by Gasteiger charge is 2.05. The summed E-state index contributed by atoms with van der Waals surface area (Å²) in [7, 11) is 0. The summed E-state index contributed by atoms with van der Waals surface area (Å²) in [5.74, 6) is 1.10. The molecule has 0 fully saturated rings. The third-order valence-electron chi connectivity index (χ3n) is 3.65. The zero-order chi connectivity index (χ0) is 15.9. The van der Waals surface area contributed by atoms with E-state index in [1.54, 1.807) is 0 Å². The van der Waals surface area contributed by atoms with Gasteiger partial charge in [0.2, 0.25) is 0 Å². The average molecular weight is 297 g/mol. The van der Waals surface area contributed by atoms with E-state index in [9.17, 15) is 4.79 Å². The van der Waals surface area contributed by atoms with Crippen LogP contribution in [0.5, 0.6) is 5.75 Å². The van der Waals surface area contributed by atoms with Gasteiger partial charge >= 0.3 is 0 Å². The number of aryl methyl sites for hydroxylation is 1. The second-order valence-corrected chi connectivity index (χ2v) is 5.72. The number of amides is 1. The maximum absolute atomic E-state index is 11.8. The van der Waals surface area contributed by atoms with Gasteiger partial charge in [-0.15, -0.1) is 0 Å². The lowest BCUT2D eigenvalue weighted by Crippen LogP contribution is -2.28. The molecule has 2 rings (SSSR count). The van der Waals surface area contributed by atoms with E-state index in [2.05, 4.69) is 19.2 Å². The van der Waals surface area contributed by atoms with Crippen molar-refractivity contribution >= 4 is 5.91 Å². The van der Waals surface area contributed by atoms with E-state index >= 15 is 0 Å². The number of ether oxygens (including phenoxy) is 1. The van der Waals surface area contributed by atoms with Crippen molar-refractivity contribution in [3.63, 3.8) is 0 Å². The van der Waals surface area contributed by atoms with Gasteiger partial charge in [-0.3, -0.25) is 4.79 Å². The summed E-state index contributed by atoms with van der Waals surface area (Å²) in [5.41, 5.74) is 3.56. The molecular formula is C19H23NO2. The van der Waals surface area contributed by atoms with Crippen molar-refractivity contribution in [3.05, 3.63) is 65.2 Å². The Bertz CT molecular complexity index is 618. The lowest BCUT2D eigenvalue weighted by molar-refractivity contribution is -0.123. The molecule has 0 spiro atoms. The van der Waals surface area contributed by atoms with Crippen LogP contribution in [-0.4, -0.2) is 12.5 Å². The number of carbonyl (C=O) groups is 1. The van der Waals surface area contributed by atoms with Crippen LogP contribution in [0.25, 0.3) is 0 Å². The van der Waals surface area contributed by atoms with Gasteiger partial charge in [-0.1, -0.05) is 50.2 Å². The van der Waals surface area contributed by atoms with E-state index in [1.165, 1.54) is 11.1 Å². The molecule has 2 aromatic rings. The number of hydrogen-bond acceptors (Lipinski definition) is 2. The molecule has 0 aliphatic heterocycles. The van der Waals surface area contributed by atoms with Gasteiger partial charge in [0, 0.05) is 6.54 Å². The highest BCUT2D eigenvalue weighted by atomic mass is 16.5. The summed E-state index contributed by atoms with van der Waals surface area (Å²) in [4.78, 5) is 11.8. The van der Waals surface area contributed by atoms with Gasteiger partial charge in [-0.05, 0) is 41.7 Å². The van der Waals surface area contributed by atoms with Crippen LogP contribution in [0.3, 0.4) is 0 Å². The molecular weight excluding hydrogens is 274 g/mol. The van der Waals surface area contributed by atoms with Gasteiger partial charge in [0.15, 0.2) is 6.61 Å². The van der Waals surface area contributed by atoms with Crippen LogP contribution in [-0.2, 0) is 11.3 Å². The van der Waals surface area contributed by atoms with Crippen molar-refractivity contribution in [2.75, 3.05) is 6.61 Å². The van der Waals surface area contributed by atoms with E-state index in [0.29, 0.717) is 12.5 Å². The fourth-order valence-electron chi connectivity index (χ4n) is 2.15. The first-order chi connectivity index (χ1) is 10.6. The molecule has 2 aromatic carbocycles. The fraction of sp³-hybridized carbons (Fsp3) is 0.316. The van der Waals surface area contributed by atoms with Crippen molar-refractivity contribution in [2.24, 2.45) is 0 Å². The lowest BCUT2D eigenvalue weighted by atomic mass is 10.0. The minimum absolute atomic E-state index is 0.0346. The number of nitrogens with one attached hydrogen (secondary N) is 1. The maximum Gasteiger partial charge on any atom is 0.258 e. The second kappa shape index (κ2) is 7.64. The molecule has 1 N–H and O–H groups in total. The van der Waals surface area contributed by atoms with Crippen LogP contribution >= 0.6 is 0 Å². The molecule has 0 atom stereocenters. The van der Waals surface area contributed by atoms with Gasteiger partial charge in [-0.25, -0.2) is 0 Å². The summed E-state index contributed by atoms with van der Waals surface area (Å²) in [5, 5.41) is 2.88. The van der Waals surface area contributed by atoms with Gasteiger partial charge < -0.3 is 10.1 Å². The molecule has 0 bridgehead atoms. The van der Waals surface area contributed by atoms with Crippen molar-refractivity contribution in [3.8, 4) is 5.75 Å². The van der Waals surface area contributed by atoms with E-state index in [0.717, 1.165) is 11.3 Å². The summed E-state index contributed by atoms with van der Waals surface area (Å²) in [6, 6.07) is 15.9. The third-order valence-corrected chi connectivity index (χ3v) is 3.65. The van der Waals surface area contributed by atoms with Gasteiger partial charge in [-0.2, -0.15) is 0 Å². The monoisotopic (exact) mass is 297 g/mol. The molecule has 0 aromatic heterocycles. The molecule has 0 heterocycles. The average Bonchev–Trinajstić information content (AvgIpc) is 2.52. The van der Waals surface area contributed by atoms with Crippen LogP contribution in [0.4, 0.5) is 0 Å². The van der Waals surface area contributed by atoms with E-state index in [-0.39, 0.29) is 12.5 Å². The Balaban J connectivity index is 1.79. The molecule has 1 amide bonds. The molecule has 0 aliphatic rings. The number of rotatable bonds is 6. The van der Waals surface area contributed by atoms with Crippen LogP contribution in [0, 0.1) is 6.92 Å². The highest BCUT2D eigenvalue weighted by Crippen LogP contribution is 2.18. The third kappa shape index (κ3) is 4.62. The second-order valence-electron chi connectivity index (χ2n) is 5.72. The van der Waals surface area contributed by atoms with Crippen LogP contribution < -0.4 is 10.1 Å². The van der Waals surface area contributed by atoms with Crippen LogP contribution in [0.1, 0.15) is 36.5 Å². The fourth-order valence-corrected chi connectivity index (χ4v) is 2.15. The Labute approximate surface area is 132 Å². The molecule has 0 saturated carbocycles. The number of benzene rings is 2. The molecule has 22 heavy (non-hydrogen) atoms. The summed E-state index contributed by atoms with van der Waals surface area (Å²) in [6.45, 7) is 6.89. The van der Waals surface area contributed by atoms with Crippen LogP contribution in [0.15, 0.2) is 48.5 Å². The van der Waals surface area contributed by atoms with Crippen molar-refractivity contribution < 1.29 is 9.53 Å². The Kier molecular flexibility index (Phi) is 5.59. The first-order valence-corrected chi connectivity index (χ1v) is 7.60. The van der Waals surface area contributed by atoms with Gasteiger partial charge in [0.1, 0.15) is 5.75 Å². The minimum atomic E-state index is -0.115. The quantitative estimate of drug-likeness (QED) is 0.880. The minimum Gasteiger partial charge on any atom is -0.484 e. The maximum atomic E-state index is 11.8. The summed E-state index contributed by atoms with van der Waals surface area (Å²) >= 11 is 0. The van der Waals surface area contributed by atoms with Crippen LogP contribution in [0.2, 0.25) is 0 Å². The van der Waals surface area contributed by atoms with Gasteiger partial charge in [0.25, 0.3) is 5.91 Å². The van der Waals surface area contributed by atoms with E-state index < -0.39 is 0 Å². The first kappa shape index (κ1) is 16.1. The summed E-state index contributed by atoms with van der Waals surface area (Å²) in [6.07, 6.45) is 0. The Hall–Kier alpha value is -2.29. The highest BCUT2D eigenvalue weighted by molar-refractivity contribution is 5.77. The largest absolute Gasteiger partial charge is 0.484 e. The lowest BCUT2D eigenvalue weighted by Gasteiger charge is -2.10. The predicted octanol–water partition coefficient (Wildman–Crippen LogP) is 3.81. The smallest absolute Gasteiger partial charge is 0.258 e. The molecule has 116 valence electrons. The topological polar surface area (TPSA) is 38.3 Å². The SMILES string of the molecule is Cc1ccccc1CNC(=O)COc1ccc(C(C)C)cc1. The molecule has 3 nitrogen and oxygen atoms in total. The standard InChI is InChI=1S/C19H23NO2/c1-14(2)16-8-10-18(11-9-16)22-13-19(21)20-12-17-7-5-4-6-15(17)3/h4-11,14H,12-13H2,1-3H3,(H,20,21).